The summed E-state index contributed by atoms with van der Waals surface area (Å²) in [5.41, 5.74) is -0.717. The summed E-state index contributed by atoms with van der Waals surface area (Å²) >= 11 is 0. The summed E-state index contributed by atoms with van der Waals surface area (Å²) in [7, 11) is -7.55. The number of carboxylic acids is 2. The molecule has 0 heterocycles. The van der Waals surface area contributed by atoms with Gasteiger partial charge in [-0.15, -0.1) is 0 Å². The van der Waals surface area contributed by atoms with Crippen LogP contribution in [0.25, 0.3) is 0 Å². The van der Waals surface area contributed by atoms with Crippen LogP contribution in [0, 0.1) is 0 Å². The maximum absolute atomic E-state index is 11.4. The summed E-state index contributed by atoms with van der Waals surface area (Å²) in [6, 6.07) is 0. The third kappa shape index (κ3) is 9.88. The van der Waals surface area contributed by atoms with Gasteiger partial charge in [-0.05, 0) is 17.4 Å². The Balaban J connectivity index is 4.64. The normalized spacial score (nSPS) is 14.3. The van der Waals surface area contributed by atoms with Crippen LogP contribution in [0.3, 0.4) is 0 Å². The molecular weight excluding hydrogens is 394 g/mol. The number of ether oxygens (including phenoxy) is 2. The minimum Gasteiger partial charge on any atom is -0.478 e. The van der Waals surface area contributed by atoms with E-state index in [1.54, 1.807) is 0 Å². The summed E-state index contributed by atoms with van der Waals surface area (Å²) in [6.45, 7) is 5.28. The molecule has 0 spiro atoms. The SMILES string of the molecule is C=C(COC(CCCC(OCC(=C)C(=O)O)P(=O)(O)O)[P+](=O)O)C(=O)O. The minimum atomic E-state index is -4.71. The van der Waals surface area contributed by atoms with Gasteiger partial charge in [-0.2, -0.15) is 4.89 Å². The first-order chi connectivity index (χ1) is 11.9. The number of hydrogen-bond donors (Lipinski definition) is 5. The van der Waals surface area contributed by atoms with Gasteiger partial charge in [0.05, 0.1) is 24.4 Å². The minimum absolute atomic E-state index is 0.0127. The number of carbonyl (C=O) groups is 2. The predicted octanol–water partition coefficient (Wildman–Crippen LogP) is 1.04. The fourth-order valence-electron chi connectivity index (χ4n) is 1.59. The molecule has 0 aromatic rings. The van der Waals surface area contributed by atoms with Crippen LogP contribution in [-0.2, 0) is 28.2 Å². The average molecular weight is 415 g/mol. The number of carboxylic acid groups (broad SMARTS) is 2. The van der Waals surface area contributed by atoms with Gasteiger partial charge >= 0.3 is 27.6 Å². The van der Waals surface area contributed by atoms with E-state index < -0.39 is 58.0 Å². The highest BCUT2D eigenvalue weighted by molar-refractivity contribution is 7.52. The van der Waals surface area contributed by atoms with E-state index in [1.165, 1.54) is 0 Å². The van der Waals surface area contributed by atoms with Gasteiger partial charge in [0.1, 0.15) is 0 Å². The van der Waals surface area contributed by atoms with Crippen molar-refractivity contribution in [3.63, 3.8) is 0 Å². The van der Waals surface area contributed by atoms with Gasteiger partial charge in [0, 0.05) is 6.42 Å². The highest BCUT2D eigenvalue weighted by Crippen LogP contribution is 2.44. The third-order valence-electron chi connectivity index (χ3n) is 3.03. The second-order valence-corrected chi connectivity index (χ2v) is 8.11. The maximum Gasteiger partial charge on any atom is 0.537 e. The zero-order valence-electron chi connectivity index (χ0n) is 13.7. The van der Waals surface area contributed by atoms with Crippen molar-refractivity contribution in [2.24, 2.45) is 0 Å². The zero-order valence-corrected chi connectivity index (χ0v) is 15.5. The summed E-state index contributed by atoms with van der Waals surface area (Å²) in [4.78, 5) is 48.9. The lowest BCUT2D eigenvalue weighted by molar-refractivity contribution is -0.134. The first-order valence-corrected chi connectivity index (χ1v) is 10.1. The number of hydrogen-bond acceptors (Lipinski definition) is 6. The number of rotatable bonds is 14. The summed E-state index contributed by atoms with van der Waals surface area (Å²) in [6.07, 6.45) is -0.375. The Morgan fingerprint density at radius 2 is 1.46 bits per heavy atom. The predicted molar refractivity (Wildman–Crippen MR) is 88.8 cm³/mol. The van der Waals surface area contributed by atoms with E-state index in [1.807, 2.05) is 0 Å². The van der Waals surface area contributed by atoms with Crippen molar-refractivity contribution in [1.82, 2.24) is 0 Å². The molecule has 0 radical (unpaired) electrons. The van der Waals surface area contributed by atoms with Gasteiger partial charge in [0.25, 0.3) is 5.85 Å². The monoisotopic (exact) mass is 415 g/mol. The molecule has 13 heteroatoms. The fourth-order valence-corrected chi connectivity index (χ4v) is 2.98. The molecule has 148 valence electrons. The molecule has 0 bridgehead atoms. The van der Waals surface area contributed by atoms with Crippen molar-refractivity contribution < 1.29 is 53.1 Å². The first-order valence-electron chi connectivity index (χ1n) is 7.12. The van der Waals surface area contributed by atoms with Gasteiger partial charge in [-0.3, -0.25) is 4.57 Å². The Labute approximate surface area is 150 Å². The quantitative estimate of drug-likeness (QED) is 0.201. The molecule has 26 heavy (non-hydrogen) atoms. The van der Waals surface area contributed by atoms with Gasteiger partial charge < -0.3 is 29.5 Å². The van der Waals surface area contributed by atoms with E-state index in [0.29, 0.717) is 0 Å². The molecule has 3 unspecified atom stereocenters. The molecule has 0 aliphatic rings. The van der Waals surface area contributed by atoms with Crippen LogP contribution in [0.5, 0.6) is 0 Å². The molecule has 11 nitrogen and oxygen atoms in total. The second-order valence-electron chi connectivity index (χ2n) is 5.17. The molecular formula is C13H21O11P2+. The van der Waals surface area contributed by atoms with E-state index in [9.17, 15) is 33.4 Å². The van der Waals surface area contributed by atoms with E-state index in [2.05, 4.69) is 13.2 Å². The van der Waals surface area contributed by atoms with Crippen LogP contribution in [0.1, 0.15) is 19.3 Å². The van der Waals surface area contributed by atoms with E-state index >= 15 is 0 Å². The van der Waals surface area contributed by atoms with Gasteiger partial charge in [0.15, 0.2) is 5.85 Å². The molecule has 0 fully saturated rings. The Morgan fingerprint density at radius 1 is 1.00 bits per heavy atom. The molecule has 0 saturated heterocycles. The largest absolute Gasteiger partial charge is 0.537 e. The molecule has 0 aromatic heterocycles. The van der Waals surface area contributed by atoms with Crippen molar-refractivity contribution in [3.8, 4) is 0 Å². The summed E-state index contributed by atoms with van der Waals surface area (Å²) in [5.74, 6) is -5.58. The van der Waals surface area contributed by atoms with Gasteiger partial charge in [-0.25, -0.2) is 9.59 Å². The van der Waals surface area contributed by atoms with Gasteiger partial charge in [-0.1, -0.05) is 13.2 Å². The smallest absolute Gasteiger partial charge is 0.478 e. The number of aliphatic carboxylic acids is 2. The Hall–Kier alpha value is -1.45. The third-order valence-corrected chi connectivity index (χ3v) is 5.09. The van der Waals surface area contributed by atoms with Crippen molar-refractivity contribution in [2.45, 2.75) is 31.0 Å². The topological polar surface area (TPSA) is 188 Å². The second kappa shape index (κ2) is 11.3. The Bertz CT molecular complexity index is 609. The Kier molecular flexibility index (Phi) is 10.7. The van der Waals surface area contributed by atoms with Crippen LogP contribution in [0.4, 0.5) is 0 Å². The van der Waals surface area contributed by atoms with Crippen LogP contribution in [0.15, 0.2) is 24.3 Å². The van der Waals surface area contributed by atoms with Crippen molar-refractivity contribution in [3.05, 3.63) is 24.3 Å². The maximum atomic E-state index is 11.4. The zero-order chi connectivity index (χ0) is 20.5. The highest BCUT2D eigenvalue weighted by atomic mass is 31.2. The Morgan fingerprint density at radius 3 is 1.85 bits per heavy atom. The standard InChI is InChI=1S/C13H20O11P2/c1-8(12(14)15)6-23-10(25(18)19)4-3-5-11(26(20,21)22)24-7-9(2)13(16)17/h10-11H,1-7H2,(H4-,14,15,16,17,18,19,20,21,22)/p+1. The van der Waals surface area contributed by atoms with E-state index in [-0.39, 0.29) is 24.8 Å². The van der Waals surface area contributed by atoms with Crippen LogP contribution >= 0.6 is 15.6 Å². The molecule has 0 aromatic carbocycles. The van der Waals surface area contributed by atoms with Crippen LogP contribution in [-0.4, -0.2) is 61.7 Å². The molecule has 0 saturated carbocycles. The molecule has 0 rings (SSSR count). The lowest BCUT2D eigenvalue weighted by Crippen LogP contribution is -2.19. The lowest BCUT2D eigenvalue weighted by Gasteiger charge is -2.19. The average Bonchev–Trinajstić information content (AvgIpc) is 2.50. The molecule has 3 atom stereocenters. The molecule has 0 amide bonds. The summed E-state index contributed by atoms with van der Waals surface area (Å²) < 4.78 is 32.5. The molecule has 0 aliphatic carbocycles. The lowest BCUT2D eigenvalue weighted by atomic mass is 10.2. The van der Waals surface area contributed by atoms with Gasteiger partial charge in [0.2, 0.25) is 0 Å². The van der Waals surface area contributed by atoms with Crippen molar-refractivity contribution in [1.29, 1.82) is 0 Å². The van der Waals surface area contributed by atoms with Crippen LogP contribution in [0.2, 0.25) is 0 Å². The van der Waals surface area contributed by atoms with E-state index in [4.69, 9.17) is 19.7 Å². The van der Waals surface area contributed by atoms with Crippen LogP contribution < -0.4 is 0 Å². The molecule has 5 N–H and O–H groups in total. The fraction of sp³-hybridized carbons (Fsp3) is 0.538. The van der Waals surface area contributed by atoms with Crippen molar-refractivity contribution in [2.75, 3.05) is 13.2 Å². The van der Waals surface area contributed by atoms with E-state index in [0.717, 1.165) is 0 Å². The molecule has 0 aliphatic heterocycles. The summed E-state index contributed by atoms with van der Waals surface area (Å²) in [5, 5.41) is 17.3. The first kappa shape index (κ1) is 24.6. The van der Waals surface area contributed by atoms with Crippen molar-refractivity contribution >= 4 is 27.6 Å². The highest BCUT2D eigenvalue weighted by Gasteiger charge is 2.33.